The van der Waals surface area contributed by atoms with Gasteiger partial charge in [-0.25, -0.2) is 0 Å². The van der Waals surface area contributed by atoms with Crippen LogP contribution in [0.15, 0.2) is 48.0 Å². The lowest BCUT2D eigenvalue weighted by molar-refractivity contribution is -0.139. The number of aliphatic hydroxyl groups is 1. The van der Waals surface area contributed by atoms with E-state index in [0.717, 1.165) is 23.2 Å². The molecule has 0 spiro atoms. The summed E-state index contributed by atoms with van der Waals surface area (Å²) in [5.41, 5.74) is 3.12. The monoisotopic (exact) mass is 464 g/mol. The molecule has 182 valence electrons. The second kappa shape index (κ2) is 10.0. The van der Waals surface area contributed by atoms with E-state index < -0.39 is 17.7 Å². The first-order chi connectivity index (χ1) is 16.0. The lowest BCUT2D eigenvalue weighted by Crippen LogP contribution is -2.32. The van der Waals surface area contributed by atoms with E-state index in [1.807, 2.05) is 62.3 Å². The summed E-state index contributed by atoms with van der Waals surface area (Å²) >= 11 is 0. The van der Waals surface area contributed by atoms with Crippen LogP contribution in [-0.2, 0) is 15.0 Å². The maximum absolute atomic E-state index is 13.3. The maximum atomic E-state index is 13.3. The molecule has 3 rings (SSSR count). The van der Waals surface area contributed by atoms with Gasteiger partial charge in [-0.2, -0.15) is 0 Å². The number of hydrogen-bond acceptors (Lipinski definition) is 5. The maximum Gasteiger partial charge on any atom is 0.295 e. The van der Waals surface area contributed by atoms with Gasteiger partial charge in [-0.3, -0.25) is 9.59 Å². The van der Waals surface area contributed by atoms with Crippen LogP contribution in [0.3, 0.4) is 0 Å². The normalized spacial score (nSPS) is 18.1. The van der Waals surface area contributed by atoms with E-state index >= 15 is 0 Å². The van der Waals surface area contributed by atoms with Crippen LogP contribution in [-0.4, -0.2) is 60.9 Å². The summed E-state index contributed by atoms with van der Waals surface area (Å²) < 4.78 is 5.53. The fourth-order valence-electron chi connectivity index (χ4n) is 4.39. The molecule has 6 nitrogen and oxygen atoms in total. The van der Waals surface area contributed by atoms with E-state index in [0.29, 0.717) is 24.3 Å². The topological polar surface area (TPSA) is 70.1 Å². The van der Waals surface area contributed by atoms with Crippen LogP contribution in [0, 0.1) is 6.92 Å². The Bertz CT molecular complexity index is 1110. The van der Waals surface area contributed by atoms with Crippen LogP contribution in [0.25, 0.3) is 5.76 Å². The van der Waals surface area contributed by atoms with Gasteiger partial charge < -0.3 is 19.6 Å². The van der Waals surface area contributed by atoms with Crippen molar-refractivity contribution in [1.82, 2.24) is 9.80 Å². The van der Waals surface area contributed by atoms with Gasteiger partial charge in [0, 0.05) is 6.54 Å². The van der Waals surface area contributed by atoms with Crippen molar-refractivity contribution in [2.24, 2.45) is 0 Å². The first-order valence-corrected chi connectivity index (χ1v) is 11.6. The van der Waals surface area contributed by atoms with Crippen LogP contribution in [0.2, 0.25) is 0 Å². The molecule has 1 aliphatic heterocycles. The molecule has 1 atom stereocenters. The molecule has 1 fully saturated rings. The van der Waals surface area contributed by atoms with E-state index in [1.54, 1.807) is 11.0 Å². The largest absolute Gasteiger partial charge is 0.507 e. The van der Waals surface area contributed by atoms with Gasteiger partial charge in [-0.1, -0.05) is 51.1 Å². The Morgan fingerprint density at radius 2 is 1.79 bits per heavy atom. The number of Topliss-reactive ketones (excluding diaryl/α,β-unsaturated/α-hetero) is 1. The molecular formula is C28H36N2O4. The molecule has 1 aliphatic rings. The number of ether oxygens (including phenoxy) is 1. The molecule has 1 saturated heterocycles. The third kappa shape index (κ3) is 5.02. The van der Waals surface area contributed by atoms with Crippen molar-refractivity contribution in [1.29, 1.82) is 0 Å². The molecule has 6 heteroatoms. The molecule has 1 amide bonds. The van der Waals surface area contributed by atoms with Crippen molar-refractivity contribution in [3.8, 4) is 5.75 Å². The number of amides is 1. The Kier molecular flexibility index (Phi) is 7.51. The third-order valence-corrected chi connectivity index (χ3v) is 6.35. The highest BCUT2D eigenvalue weighted by Crippen LogP contribution is 2.42. The summed E-state index contributed by atoms with van der Waals surface area (Å²) in [6.45, 7) is 9.39. The molecule has 2 aromatic carbocycles. The van der Waals surface area contributed by atoms with Gasteiger partial charge >= 0.3 is 0 Å². The number of aliphatic hydroxyl groups excluding tert-OH is 1. The highest BCUT2D eigenvalue weighted by atomic mass is 16.5. The zero-order valence-corrected chi connectivity index (χ0v) is 21.3. The van der Waals surface area contributed by atoms with E-state index in [4.69, 9.17) is 4.74 Å². The molecule has 0 bridgehead atoms. The summed E-state index contributed by atoms with van der Waals surface area (Å²) in [4.78, 5) is 30.2. The van der Waals surface area contributed by atoms with Crippen LogP contribution < -0.4 is 4.74 Å². The quantitative estimate of drug-likeness (QED) is 0.366. The zero-order valence-electron chi connectivity index (χ0n) is 21.3. The molecule has 0 aliphatic carbocycles. The Hall–Kier alpha value is -3.12. The van der Waals surface area contributed by atoms with Gasteiger partial charge in [0.05, 0.1) is 24.3 Å². The molecule has 0 saturated carbocycles. The standard InChI is InChI=1S/C28H36N2O4/c1-18-11-8-9-12-20(18)24-23(26(32)27(33)30(24)16-10-15-29(5)6)25(31)21-17-19(28(2,3)4)13-14-22(21)34-7/h8-9,11-14,17,24,31H,10,15-16H2,1-7H3/b25-23+. The van der Waals surface area contributed by atoms with Crippen molar-refractivity contribution < 1.29 is 19.4 Å². The number of likely N-dealkylation sites (tertiary alicyclic amines) is 1. The Labute approximate surface area is 202 Å². The van der Waals surface area contributed by atoms with E-state index in [1.165, 1.54) is 7.11 Å². The second-order valence-electron chi connectivity index (χ2n) is 10.2. The van der Waals surface area contributed by atoms with Crippen molar-refractivity contribution in [3.05, 3.63) is 70.3 Å². The molecule has 1 unspecified atom stereocenters. The summed E-state index contributed by atoms with van der Waals surface area (Å²) in [5.74, 6) is -1.00. The fourth-order valence-corrected chi connectivity index (χ4v) is 4.39. The number of aryl methyl sites for hydroxylation is 1. The minimum Gasteiger partial charge on any atom is -0.507 e. The number of rotatable bonds is 7. The van der Waals surface area contributed by atoms with E-state index in [-0.39, 0.29) is 16.7 Å². The van der Waals surface area contributed by atoms with E-state index in [9.17, 15) is 14.7 Å². The summed E-state index contributed by atoms with van der Waals surface area (Å²) in [5, 5.41) is 11.6. The average Bonchev–Trinajstić information content (AvgIpc) is 3.02. The Morgan fingerprint density at radius 1 is 1.12 bits per heavy atom. The number of carbonyl (C=O) groups is 2. The second-order valence-corrected chi connectivity index (χ2v) is 10.2. The summed E-state index contributed by atoms with van der Waals surface area (Å²) in [6.07, 6.45) is 0.714. The smallest absolute Gasteiger partial charge is 0.295 e. The molecule has 1 heterocycles. The lowest BCUT2D eigenvalue weighted by atomic mass is 9.85. The lowest BCUT2D eigenvalue weighted by Gasteiger charge is -2.27. The van der Waals surface area contributed by atoms with Crippen molar-refractivity contribution in [3.63, 3.8) is 0 Å². The van der Waals surface area contributed by atoms with Crippen LogP contribution in [0.4, 0.5) is 0 Å². The van der Waals surface area contributed by atoms with Crippen LogP contribution in [0.5, 0.6) is 5.75 Å². The number of hydrogen-bond donors (Lipinski definition) is 1. The number of methoxy groups -OCH3 is 1. The van der Waals surface area contributed by atoms with Crippen molar-refractivity contribution >= 4 is 17.4 Å². The molecule has 34 heavy (non-hydrogen) atoms. The Morgan fingerprint density at radius 3 is 2.38 bits per heavy atom. The van der Waals surface area contributed by atoms with Crippen LogP contribution >= 0.6 is 0 Å². The predicted octanol–water partition coefficient (Wildman–Crippen LogP) is 4.67. The summed E-state index contributed by atoms with van der Waals surface area (Å²) in [6, 6.07) is 12.6. The molecular weight excluding hydrogens is 428 g/mol. The summed E-state index contributed by atoms with van der Waals surface area (Å²) in [7, 11) is 5.48. The minimum absolute atomic E-state index is 0.105. The first kappa shape index (κ1) is 25.5. The molecule has 2 aromatic rings. The van der Waals surface area contributed by atoms with Crippen molar-refractivity contribution in [2.75, 3.05) is 34.3 Å². The predicted molar refractivity (Wildman–Crippen MR) is 135 cm³/mol. The molecule has 0 aromatic heterocycles. The van der Waals surface area contributed by atoms with Crippen molar-refractivity contribution in [2.45, 2.75) is 45.6 Å². The SMILES string of the molecule is COc1ccc(C(C)(C)C)cc1/C(O)=C1\C(=O)C(=O)N(CCCN(C)C)C1c1ccccc1C. The van der Waals surface area contributed by atoms with Gasteiger partial charge in [-0.15, -0.1) is 0 Å². The molecule has 1 N–H and O–H groups in total. The zero-order chi connectivity index (χ0) is 25.2. The van der Waals surface area contributed by atoms with Gasteiger partial charge in [0.25, 0.3) is 11.7 Å². The fraction of sp³-hybridized carbons (Fsp3) is 0.429. The third-order valence-electron chi connectivity index (χ3n) is 6.35. The minimum atomic E-state index is -0.668. The Balaban J connectivity index is 2.22. The number of ketones is 1. The number of benzene rings is 2. The molecule has 0 radical (unpaired) electrons. The first-order valence-electron chi connectivity index (χ1n) is 11.6. The number of nitrogens with zero attached hydrogens (tertiary/aromatic N) is 2. The van der Waals surface area contributed by atoms with Gasteiger partial charge in [0.1, 0.15) is 11.5 Å². The van der Waals surface area contributed by atoms with Gasteiger partial charge in [0.2, 0.25) is 0 Å². The average molecular weight is 465 g/mol. The highest BCUT2D eigenvalue weighted by molar-refractivity contribution is 6.46. The van der Waals surface area contributed by atoms with Crippen LogP contribution in [0.1, 0.15) is 55.5 Å². The van der Waals surface area contributed by atoms with Gasteiger partial charge in [-0.05, 0) is 68.2 Å². The number of carbonyl (C=O) groups excluding carboxylic acids is 2. The highest BCUT2D eigenvalue weighted by Gasteiger charge is 2.46. The van der Waals surface area contributed by atoms with E-state index in [2.05, 4.69) is 20.8 Å². The van der Waals surface area contributed by atoms with Gasteiger partial charge in [0.15, 0.2) is 0 Å².